The van der Waals surface area contributed by atoms with Crippen LogP contribution in [-0.2, 0) is 16.0 Å². The average molecular weight is 319 g/mol. The van der Waals surface area contributed by atoms with Crippen molar-refractivity contribution >= 4 is 29.2 Å². The van der Waals surface area contributed by atoms with E-state index in [4.69, 9.17) is 16.3 Å². The van der Waals surface area contributed by atoms with Gasteiger partial charge in [-0.2, -0.15) is 0 Å². The number of ether oxygens (including phenoxy) is 1. The van der Waals surface area contributed by atoms with Crippen molar-refractivity contribution in [3.8, 4) is 0 Å². The van der Waals surface area contributed by atoms with Gasteiger partial charge in [0.2, 0.25) is 5.91 Å². The van der Waals surface area contributed by atoms with Gasteiger partial charge in [0.05, 0.1) is 30.5 Å². The summed E-state index contributed by atoms with van der Waals surface area (Å²) in [5.74, 6) is -0.743. The van der Waals surface area contributed by atoms with Crippen LogP contribution >= 0.6 is 11.6 Å². The van der Waals surface area contributed by atoms with Crippen LogP contribution < -0.4 is 5.32 Å². The molecule has 0 saturated carbocycles. The molecule has 0 bridgehead atoms. The third-order valence-corrected chi connectivity index (χ3v) is 3.12. The van der Waals surface area contributed by atoms with E-state index in [-0.39, 0.29) is 24.5 Å². The van der Waals surface area contributed by atoms with E-state index in [2.05, 4.69) is 10.3 Å². The molecule has 0 aliphatic carbocycles. The standard InChI is InChI=1S/C16H15ClN2O3/c1-2-22-16(21)13-7-8-18-10-14(13)19-15(20)9-11-3-5-12(17)6-4-11/h3-8,10H,2,9H2,1H3,(H,19,20). The second-order valence-corrected chi connectivity index (χ2v) is 4.93. The Bertz CT molecular complexity index is 671. The van der Waals surface area contributed by atoms with Gasteiger partial charge in [-0.3, -0.25) is 9.78 Å². The number of nitrogens with one attached hydrogen (secondary N) is 1. The van der Waals surface area contributed by atoms with E-state index in [1.54, 1.807) is 31.2 Å². The Labute approximate surface area is 133 Å². The molecule has 0 atom stereocenters. The molecule has 0 aliphatic rings. The van der Waals surface area contributed by atoms with Crippen molar-refractivity contribution in [2.75, 3.05) is 11.9 Å². The molecule has 2 rings (SSSR count). The van der Waals surface area contributed by atoms with Crippen LogP contribution in [0.1, 0.15) is 22.8 Å². The van der Waals surface area contributed by atoms with E-state index in [0.29, 0.717) is 10.7 Å². The summed E-state index contributed by atoms with van der Waals surface area (Å²) in [6.07, 6.45) is 3.07. The van der Waals surface area contributed by atoms with Crippen LogP contribution in [0.25, 0.3) is 0 Å². The van der Waals surface area contributed by atoms with E-state index < -0.39 is 5.97 Å². The summed E-state index contributed by atoms with van der Waals surface area (Å²) in [6.45, 7) is 1.98. The molecule has 0 spiro atoms. The van der Waals surface area contributed by atoms with Gasteiger partial charge >= 0.3 is 5.97 Å². The number of hydrogen-bond donors (Lipinski definition) is 1. The van der Waals surface area contributed by atoms with Gasteiger partial charge in [-0.1, -0.05) is 23.7 Å². The Kier molecular flexibility index (Phi) is 5.49. The highest BCUT2D eigenvalue weighted by molar-refractivity contribution is 6.30. The number of carbonyl (C=O) groups is 2. The molecule has 114 valence electrons. The maximum atomic E-state index is 12.1. The molecular weight excluding hydrogens is 304 g/mol. The lowest BCUT2D eigenvalue weighted by molar-refractivity contribution is -0.115. The molecule has 1 aromatic heterocycles. The zero-order chi connectivity index (χ0) is 15.9. The van der Waals surface area contributed by atoms with Gasteiger partial charge in [-0.15, -0.1) is 0 Å². The number of rotatable bonds is 5. The maximum absolute atomic E-state index is 12.1. The van der Waals surface area contributed by atoms with Crippen molar-refractivity contribution in [3.05, 3.63) is 58.9 Å². The molecule has 0 unspecified atom stereocenters. The van der Waals surface area contributed by atoms with Crippen LogP contribution in [-0.4, -0.2) is 23.5 Å². The second kappa shape index (κ2) is 7.56. The molecule has 0 radical (unpaired) electrons. The van der Waals surface area contributed by atoms with E-state index in [9.17, 15) is 9.59 Å². The first-order valence-corrected chi connectivity index (χ1v) is 7.13. The Balaban J connectivity index is 2.08. The number of halogens is 1. The molecule has 0 aliphatic heterocycles. The normalized spacial score (nSPS) is 10.1. The predicted octanol–water partition coefficient (Wildman–Crippen LogP) is 3.09. The van der Waals surface area contributed by atoms with E-state index in [1.165, 1.54) is 18.5 Å². The quantitative estimate of drug-likeness (QED) is 0.860. The summed E-state index contributed by atoms with van der Waals surface area (Å²) in [5.41, 5.74) is 1.43. The van der Waals surface area contributed by atoms with Crippen molar-refractivity contribution in [1.82, 2.24) is 4.98 Å². The zero-order valence-corrected chi connectivity index (χ0v) is 12.8. The first kappa shape index (κ1) is 16.0. The molecular formula is C16H15ClN2O3. The fourth-order valence-electron chi connectivity index (χ4n) is 1.86. The molecule has 2 aromatic rings. The molecule has 1 amide bonds. The highest BCUT2D eigenvalue weighted by Gasteiger charge is 2.14. The van der Waals surface area contributed by atoms with Gasteiger partial charge in [0, 0.05) is 11.2 Å². The predicted molar refractivity (Wildman–Crippen MR) is 84.0 cm³/mol. The molecule has 6 heteroatoms. The number of pyridine rings is 1. The fourth-order valence-corrected chi connectivity index (χ4v) is 1.99. The van der Waals surface area contributed by atoms with Crippen molar-refractivity contribution in [1.29, 1.82) is 0 Å². The van der Waals surface area contributed by atoms with Crippen molar-refractivity contribution in [2.24, 2.45) is 0 Å². The topological polar surface area (TPSA) is 68.3 Å². The average Bonchev–Trinajstić information content (AvgIpc) is 2.50. The number of esters is 1. The summed E-state index contributed by atoms with van der Waals surface area (Å²) in [5, 5.41) is 3.29. The Morgan fingerprint density at radius 2 is 1.95 bits per heavy atom. The minimum Gasteiger partial charge on any atom is -0.462 e. The van der Waals surface area contributed by atoms with Gasteiger partial charge in [-0.25, -0.2) is 4.79 Å². The first-order chi connectivity index (χ1) is 10.6. The summed E-state index contributed by atoms with van der Waals surface area (Å²) < 4.78 is 4.95. The number of aromatic nitrogens is 1. The number of benzene rings is 1. The van der Waals surface area contributed by atoms with E-state index in [0.717, 1.165) is 5.56 Å². The summed E-state index contributed by atoms with van der Waals surface area (Å²) in [4.78, 5) is 27.8. The molecule has 1 aromatic carbocycles. The first-order valence-electron chi connectivity index (χ1n) is 6.75. The highest BCUT2D eigenvalue weighted by Crippen LogP contribution is 2.16. The number of anilines is 1. The van der Waals surface area contributed by atoms with Gasteiger partial charge in [0.15, 0.2) is 0 Å². The minimum atomic E-state index is -0.494. The van der Waals surface area contributed by atoms with Crippen LogP contribution in [0.15, 0.2) is 42.7 Å². The summed E-state index contributed by atoms with van der Waals surface area (Å²) in [7, 11) is 0. The van der Waals surface area contributed by atoms with Crippen LogP contribution in [0, 0.1) is 0 Å². The molecule has 1 heterocycles. The monoisotopic (exact) mass is 318 g/mol. The third-order valence-electron chi connectivity index (χ3n) is 2.87. The molecule has 22 heavy (non-hydrogen) atoms. The number of hydrogen-bond acceptors (Lipinski definition) is 4. The minimum absolute atomic E-state index is 0.175. The van der Waals surface area contributed by atoms with Crippen molar-refractivity contribution in [2.45, 2.75) is 13.3 Å². The van der Waals surface area contributed by atoms with Crippen molar-refractivity contribution in [3.63, 3.8) is 0 Å². The summed E-state index contributed by atoms with van der Waals surface area (Å²) in [6, 6.07) is 8.50. The van der Waals surface area contributed by atoms with Gasteiger partial charge in [-0.05, 0) is 30.7 Å². The highest BCUT2D eigenvalue weighted by atomic mass is 35.5. The number of nitrogens with zero attached hydrogens (tertiary/aromatic N) is 1. The van der Waals surface area contributed by atoms with Crippen molar-refractivity contribution < 1.29 is 14.3 Å². The van der Waals surface area contributed by atoms with E-state index >= 15 is 0 Å². The van der Waals surface area contributed by atoms with Crippen LogP contribution in [0.3, 0.4) is 0 Å². The zero-order valence-electron chi connectivity index (χ0n) is 12.0. The van der Waals surface area contributed by atoms with Gasteiger partial charge in [0.25, 0.3) is 0 Å². The van der Waals surface area contributed by atoms with Crippen LogP contribution in [0.4, 0.5) is 5.69 Å². The molecule has 5 nitrogen and oxygen atoms in total. The second-order valence-electron chi connectivity index (χ2n) is 4.49. The van der Waals surface area contributed by atoms with Crippen LogP contribution in [0.5, 0.6) is 0 Å². The summed E-state index contributed by atoms with van der Waals surface area (Å²) >= 11 is 5.80. The Morgan fingerprint density at radius 3 is 2.64 bits per heavy atom. The smallest absolute Gasteiger partial charge is 0.340 e. The Hall–Kier alpha value is -2.40. The SMILES string of the molecule is CCOC(=O)c1ccncc1NC(=O)Cc1ccc(Cl)cc1. The third kappa shape index (κ3) is 4.30. The Morgan fingerprint density at radius 1 is 1.23 bits per heavy atom. The molecule has 0 saturated heterocycles. The number of carbonyl (C=O) groups excluding carboxylic acids is 2. The largest absolute Gasteiger partial charge is 0.462 e. The molecule has 0 fully saturated rings. The maximum Gasteiger partial charge on any atom is 0.340 e. The lowest BCUT2D eigenvalue weighted by atomic mass is 10.1. The van der Waals surface area contributed by atoms with Gasteiger partial charge < -0.3 is 10.1 Å². The van der Waals surface area contributed by atoms with Crippen LogP contribution in [0.2, 0.25) is 5.02 Å². The lowest BCUT2D eigenvalue weighted by Crippen LogP contribution is -2.17. The lowest BCUT2D eigenvalue weighted by Gasteiger charge is -2.09. The number of amides is 1. The molecule has 1 N–H and O–H groups in total. The van der Waals surface area contributed by atoms with Gasteiger partial charge in [0.1, 0.15) is 0 Å². The fraction of sp³-hybridized carbons (Fsp3) is 0.188. The van der Waals surface area contributed by atoms with E-state index in [1.807, 2.05) is 0 Å².